The predicted molar refractivity (Wildman–Crippen MR) is 59.6 cm³/mol. The van der Waals surface area contributed by atoms with Crippen molar-refractivity contribution < 1.29 is 13.5 Å². The second-order valence-corrected chi connectivity index (χ2v) is 5.90. The van der Waals surface area contributed by atoms with Gasteiger partial charge in [-0.2, -0.15) is 0 Å². The first-order valence-corrected chi connectivity index (χ1v) is 6.46. The molecular weight excluding hydrogens is 212 g/mol. The van der Waals surface area contributed by atoms with Crippen LogP contribution in [0, 0.1) is 13.8 Å². The molecule has 0 amide bonds. The average Bonchev–Trinajstić information content (AvgIpc) is 1.99. The highest BCUT2D eigenvalue weighted by molar-refractivity contribution is 7.91. The van der Waals surface area contributed by atoms with Gasteiger partial charge < -0.3 is 5.11 Å². The van der Waals surface area contributed by atoms with E-state index in [-0.39, 0.29) is 5.75 Å². The maximum absolute atomic E-state index is 11.8. The molecule has 4 heteroatoms. The summed E-state index contributed by atoms with van der Waals surface area (Å²) >= 11 is 0. The van der Waals surface area contributed by atoms with Crippen molar-refractivity contribution in [1.82, 2.24) is 0 Å². The number of sulfone groups is 1. The summed E-state index contributed by atoms with van der Waals surface area (Å²) in [5, 5.41) is 9.12. The highest BCUT2D eigenvalue weighted by Crippen LogP contribution is 2.18. The highest BCUT2D eigenvalue weighted by atomic mass is 32.2. The minimum atomic E-state index is -3.36. The van der Waals surface area contributed by atoms with Gasteiger partial charge in [0.2, 0.25) is 0 Å². The first-order chi connectivity index (χ1) is 6.83. The van der Waals surface area contributed by atoms with E-state index in [0.717, 1.165) is 11.1 Å². The molecule has 0 unspecified atom stereocenters. The second kappa shape index (κ2) is 4.33. The molecule has 0 spiro atoms. The summed E-state index contributed by atoms with van der Waals surface area (Å²) in [6, 6.07) is 5.19. The van der Waals surface area contributed by atoms with Crippen LogP contribution in [0.1, 0.15) is 18.1 Å². The lowest BCUT2D eigenvalue weighted by molar-refractivity contribution is 0.218. The highest BCUT2D eigenvalue weighted by Gasteiger charge is 2.19. The van der Waals surface area contributed by atoms with Crippen LogP contribution in [-0.2, 0) is 9.84 Å². The molecule has 1 aromatic carbocycles. The average molecular weight is 228 g/mol. The van der Waals surface area contributed by atoms with Crippen molar-refractivity contribution in [3.05, 3.63) is 29.3 Å². The van der Waals surface area contributed by atoms with Gasteiger partial charge in [-0.15, -0.1) is 0 Å². The molecule has 0 aliphatic rings. The van der Waals surface area contributed by atoms with Crippen LogP contribution >= 0.6 is 0 Å². The van der Waals surface area contributed by atoms with Gasteiger partial charge in [-0.05, 0) is 32.4 Å². The summed E-state index contributed by atoms with van der Waals surface area (Å²) in [6.07, 6.45) is -0.837. The number of aliphatic hydroxyl groups is 1. The molecule has 0 radical (unpaired) electrons. The van der Waals surface area contributed by atoms with Crippen molar-refractivity contribution in [2.45, 2.75) is 31.8 Å². The van der Waals surface area contributed by atoms with E-state index in [4.69, 9.17) is 5.11 Å². The van der Waals surface area contributed by atoms with E-state index in [0.29, 0.717) is 4.90 Å². The Balaban J connectivity index is 3.16. The zero-order chi connectivity index (χ0) is 11.6. The second-order valence-electron chi connectivity index (χ2n) is 3.90. The number of benzene rings is 1. The van der Waals surface area contributed by atoms with Crippen molar-refractivity contribution in [2.75, 3.05) is 5.75 Å². The first kappa shape index (κ1) is 12.2. The van der Waals surface area contributed by atoms with Crippen LogP contribution < -0.4 is 0 Å². The standard InChI is InChI=1S/C11H16O3S/c1-8-4-5-11(9(2)6-8)15(13,14)7-10(3)12/h4-6,10,12H,7H2,1-3H3/t10-/m1/s1. The van der Waals surface area contributed by atoms with E-state index in [1.165, 1.54) is 6.92 Å². The fraction of sp³-hybridized carbons (Fsp3) is 0.455. The van der Waals surface area contributed by atoms with E-state index >= 15 is 0 Å². The van der Waals surface area contributed by atoms with Crippen molar-refractivity contribution in [3.63, 3.8) is 0 Å². The Morgan fingerprint density at radius 3 is 2.40 bits per heavy atom. The van der Waals surface area contributed by atoms with Crippen LogP contribution in [0.4, 0.5) is 0 Å². The summed E-state index contributed by atoms with van der Waals surface area (Å²) < 4.78 is 23.6. The molecule has 0 heterocycles. The Morgan fingerprint density at radius 1 is 1.33 bits per heavy atom. The lowest BCUT2D eigenvalue weighted by atomic mass is 10.2. The smallest absolute Gasteiger partial charge is 0.181 e. The Morgan fingerprint density at radius 2 is 1.93 bits per heavy atom. The molecule has 1 N–H and O–H groups in total. The van der Waals surface area contributed by atoms with Crippen LogP contribution in [0.15, 0.2) is 23.1 Å². The molecule has 0 fully saturated rings. The van der Waals surface area contributed by atoms with Gasteiger partial charge in [0.1, 0.15) is 0 Å². The Labute approximate surface area is 90.7 Å². The van der Waals surface area contributed by atoms with Gasteiger partial charge >= 0.3 is 0 Å². The third-order valence-corrected chi connectivity index (χ3v) is 4.18. The zero-order valence-electron chi connectivity index (χ0n) is 9.19. The normalized spacial score (nSPS) is 13.9. The van der Waals surface area contributed by atoms with Crippen LogP contribution in [-0.4, -0.2) is 25.4 Å². The number of aliphatic hydroxyl groups excluding tert-OH is 1. The maximum atomic E-state index is 11.8. The fourth-order valence-electron chi connectivity index (χ4n) is 1.56. The topological polar surface area (TPSA) is 54.4 Å². The summed E-state index contributed by atoms with van der Waals surface area (Å²) in [5.41, 5.74) is 1.76. The molecule has 0 aliphatic heterocycles. The van der Waals surface area contributed by atoms with E-state index in [1.54, 1.807) is 19.1 Å². The first-order valence-electron chi connectivity index (χ1n) is 4.81. The summed E-state index contributed by atoms with van der Waals surface area (Å²) in [4.78, 5) is 0.314. The molecule has 0 saturated carbocycles. The molecule has 0 aliphatic carbocycles. The SMILES string of the molecule is Cc1ccc(S(=O)(=O)C[C@@H](C)O)c(C)c1. The molecule has 3 nitrogen and oxygen atoms in total. The van der Waals surface area contributed by atoms with Crippen LogP contribution in [0.3, 0.4) is 0 Å². The van der Waals surface area contributed by atoms with Gasteiger partial charge in [-0.3, -0.25) is 0 Å². The molecule has 1 aromatic rings. The molecule has 15 heavy (non-hydrogen) atoms. The van der Waals surface area contributed by atoms with Crippen LogP contribution in [0.5, 0.6) is 0 Å². The van der Waals surface area contributed by atoms with Gasteiger partial charge in [0, 0.05) is 0 Å². The van der Waals surface area contributed by atoms with E-state index in [2.05, 4.69) is 0 Å². The van der Waals surface area contributed by atoms with Gasteiger partial charge in [0.15, 0.2) is 9.84 Å². The van der Waals surface area contributed by atoms with Gasteiger partial charge in [0.05, 0.1) is 16.8 Å². The minimum Gasteiger partial charge on any atom is -0.392 e. The maximum Gasteiger partial charge on any atom is 0.181 e. The minimum absolute atomic E-state index is 0.225. The number of hydrogen-bond donors (Lipinski definition) is 1. The molecule has 1 atom stereocenters. The van der Waals surface area contributed by atoms with Crippen molar-refractivity contribution in [1.29, 1.82) is 0 Å². The summed E-state index contributed by atoms with van der Waals surface area (Å²) in [6.45, 7) is 5.15. The molecule has 1 rings (SSSR count). The van der Waals surface area contributed by atoms with Crippen molar-refractivity contribution in [3.8, 4) is 0 Å². The molecule has 0 bridgehead atoms. The number of hydrogen-bond acceptors (Lipinski definition) is 3. The monoisotopic (exact) mass is 228 g/mol. The Bertz CT molecular complexity index is 447. The molecule has 84 valence electrons. The summed E-state index contributed by atoms with van der Waals surface area (Å²) in [7, 11) is -3.36. The Kier molecular flexibility index (Phi) is 3.52. The predicted octanol–water partition coefficient (Wildman–Crippen LogP) is 1.46. The third-order valence-electron chi connectivity index (χ3n) is 2.13. The fourth-order valence-corrected chi connectivity index (χ4v) is 3.20. The van der Waals surface area contributed by atoms with Crippen LogP contribution in [0.2, 0.25) is 0 Å². The Hall–Kier alpha value is -0.870. The van der Waals surface area contributed by atoms with E-state index in [9.17, 15) is 8.42 Å². The van der Waals surface area contributed by atoms with Gasteiger partial charge in [-0.25, -0.2) is 8.42 Å². The number of rotatable bonds is 3. The van der Waals surface area contributed by atoms with Gasteiger partial charge in [0.25, 0.3) is 0 Å². The molecule has 0 aromatic heterocycles. The molecule has 0 saturated heterocycles. The van der Waals surface area contributed by atoms with Crippen molar-refractivity contribution >= 4 is 9.84 Å². The number of aryl methyl sites for hydroxylation is 2. The van der Waals surface area contributed by atoms with E-state index in [1.807, 2.05) is 13.0 Å². The molecular formula is C11H16O3S. The van der Waals surface area contributed by atoms with E-state index < -0.39 is 15.9 Å². The van der Waals surface area contributed by atoms with Crippen LogP contribution in [0.25, 0.3) is 0 Å². The summed E-state index contributed by atoms with van der Waals surface area (Å²) in [5.74, 6) is -0.225. The lowest BCUT2D eigenvalue weighted by Crippen LogP contribution is -2.18. The third kappa shape index (κ3) is 3.04. The lowest BCUT2D eigenvalue weighted by Gasteiger charge is -2.09. The van der Waals surface area contributed by atoms with Crippen molar-refractivity contribution in [2.24, 2.45) is 0 Å². The largest absolute Gasteiger partial charge is 0.392 e. The van der Waals surface area contributed by atoms with Gasteiger partial charge in [-0.1, -0.05) is 17.7 Å². The quantitative estimate of drug-likeness (QED) is 0.852. The zero-order valence-corrected chi connectivity index (χ0v) is 10.0.